The first-order valence-electron chi connectivity index (χ1n) is 5.27. The fraction of sp³-hybridized carbons (Fsp3) is 0.0833. The molecule has 0 bridgehead atoms. The zero-order chi connectivity index (χ0) is 14.0. The van der Waals surface area contributed by atoms with E-state index in [-0.39, 0.29) is 5.28 Å². The number of halogens is 2. The molecule has 0 radical (unpaired) electrons. The molecular weight excluding hydrogens is 285 g/mol. The minimum Gasteiger partial charge on any atom is -0.394 e. The van der Waals surface area contributed by atoms with Crippen LogP contribution < -0.4 is 11.1 Å². The van der Waals surface area contributed by atoms with Gasteiger partial charge in [0.25, 0.3) is 0 Å². The van der Waals surface area contributed by atoms with Crippen molar-refractivity contribution in [2.75, 3.05) is 11.1 Å². The molecule has 1 aromatic carbocycles. The maximum atomic E-state index is 8.87. The van der Waals surface area contributed by atoms with Crippen molar-refractivity contribution < 1.29 is 0 Å². The minimum atomic E-state index is 0.0850. The highest BCUT2D eigenvalue weighted by Crippen LogP contribution is 2.29. The summed E-state index contributed by atoms with van der Waals surface area (Å²) < 4.78 is 0. The molecule has 96 valence electrons. The lowest BCUT2D eigenvalue weighted by Crippen LogP contribution is -2.04. The average molecular weight is 294 g/mol. The molecule has 19 heavy (non-hydrogen) atoms. The van der Waals surface area contributed by atoms with Gasteiger partial charge < -0.3 is 11.1 Å². The summed E-state index contributed by atoms with van der Waals surface area (Å²) in [5.74, 6) is 0.356. The number of nitriles is 1. The Morgan fingerprint density at radius 3 is 2.74 bits per heavy atom. The van der Waals surface area contributed by atoms with Gasteiger partial charge in [0.05, 0.1) is 33.7 Å². The van der Waals surface area contributed by atoms with E-state index in [1.54, 1.807) is 25.1 Å². The van der Waals surface area contributed by atoms with Crippen LogP contribution in [-0.4, -0.2) is 9.97 Å². The summed E-state index contributed by atoms with van der Waals surface area (Å²) in [4.78, 5) is 7.94. The van der Waals surface area contributed by atoms with E-state index in [1.165, 1.54) is 0 Å². The molecule has 1 heterocycles. The summed E-state index contributed by atoms with van der Waals surface area (Å²) in [5, 5.41) is 12.4. The first kappa shape index (κ1) is 13.4. The summed E-state index contributed by atoms with van der Waals surface area (Å²) >= 11 is 11.8. The lowest BCUT2D eigenvalue weighted by molar-refractivity contribution is 1.11. The zero-order valence-corrected chi connectivity index (χ0v) is 11.4. The third-order valence-electron chi connectivity index (χ3n) is 2.46. The van der Waals surface area contributed by atoms with Crippen LogP contribution in [0.2, 0.25) is 10.3 Å². The Kier molecular flexibility index (Phi) is 3.74. The highest BCUT2D eigenvalue weighted by atomic mass is 35.5. The molecule has 5 nitrogen and oxygen atoms in total. The van der Waals surface area contributed by atoms with Gasteiger partial charge in [-0.3, -0.25) is 0 Å². The first-order valence-corrected chi connectivity index (χ1v) is 6.03. The molecule has 0 unspecified atom stereocenters. The van der Waals surface area contributed by atoms with E-state index < -0.39 is 0 Å². The second-order valence-electron chi connectivity index (χ2n) is 3.77. The van der Waals surface area contributed by atoms with Gasteiger partial charge in [0, 0.05) is 0 Å². The second kappa shape index (κ2) is 5.31. The number of rotatable bonds is 2. The van der Waals surface area contributed by atoms with Crippen molar-refractivity contribution in [3.8, 4) is 6.07 Å². The first-order chi connectivity index (χ1) is 9.01. The predicted octanol–water partition coefficient (Wildman–Crippen LogP) is 3.29. The summed E-state index contributed by atoms with van der Waals surface area (Å²) in [6.45, 7) is 1.72. The second-order valence-corrected chi connectivity index (χ2v) is 4.52. The summed E-state index contributed by atoms with van der Waals surface area (Å²) in [6.07, 6.45) is 0. The Morgan fingerprint density at radius 2 is 2.05 bits per heavy atom. The topological polar surface area (TPSA) is 87.6 Å². The van der Waals surface area contributed by atoms with Crippen LogP contribution in [0.1, 0.15) is 11.3 Å². The highest BCUT2D eigenvalue weighted by molar-refractivity contribution is 6.33. The predicted molar refractivity (Wildman–Crippen MR) is 75.6 cm³/mol. The molecule has 0 aliphatic carbocycles. The lowest BCUT2D eigenvalue weighted by Gasteiger charge is -2.11. The molecule has 0 atom stereocenters. The van der Waals surface area contributed by atoms with E-state index in [2.05, 4.69) is 15.3 Å². The van der Waals surface area contributed by atoms with E-state index in [9.17, 15) is 0 Å². The van der Waals surface area contributed by atoms with E-state index in [1.807, 2.05) is 6.07 Å². The molecule has 0 saturated heterocycles. The van der Waals surface area contributed by atoms with Gasteiger partial charge in [0.1, 0.15) is 0 Å². The number of benzene rings is 1. The number of nitrogens with two attached hydrogens (primary N) is 1. The molecule has 2 aromatic rings. The van der Waals surface area contributed by atoms with Crippen molar-refractivity contribution in [2.45, 2.75) is 6.92 Å². The number of hydrogen-bond donors (Lipinski definition) is 2. The van der Waals surface area contributed by atoms with Crippen LogP contribution in [0.3, 0.4) is 0 Å². The molecule has 0 spiro atoms. The van der Waals surface area contributed by atoms with Crippen molar-refractivity contribution in [3.05, 3.63) is 39.8 Å². The zero-order valence-electron chi connectivity index (χ0n) is 9.91. The third kappa shape index (κ3) is 2.87. The van der Waals surface area contributed by atoms with Gasteiger partial charge in [0.15, 0.2) is 5.82 Å². The summed E-state index contributed by atoms with van der Waals surface area (Å²) in [7, 11) is 0. The molecule has 0 saturated carbocycles. The average Bonchev–Trinajstić information content (AvgIpc) is 2.38. The number of anilines is 3. The van der Waals surface area contributed by atoms with Crippen molar-refractivity contribution >= 4 is 40.4 Å². The van der Waals surface area contributed by atoms with Crippen LogP contribution in [-0.2, 0) is 0 Å². The van der Waals surface area contributed by atoms with Crippen molar-refractivity contribution in [2.24, 2.45) is 0 Å². The molecule has 7 heteroatoms. The number of nitrogens with one attached hydrogen (secondary N) is 1. The van der Waals surface area contributed by atoms with Crippen molar-refractivity contribution in [1.82, 2.24) is 9.97 Å². The third-order valence-corrected chi connectivity index (χ3v) is 2.96. The Hall–Kier alpha value is -2.03. The molecule has 0 amide bonds. The minimum absolute atomic E-state index is 0.0850. The van der Waals surface area contributed by atoms with Gasteiger partial charge in [-0.2, -0.15) is 10.2 Å². The SMILES string of the molecule is Cc1nc(Cl)nc(Nc2cc(C#N)ccc2Cl)c1N. The van der Waals surface area contributed by atoms with E-state index >= 15 is 0 Å². The normalized spacial score (nSPS) is 10.0. The number of aryl methyl sites for hydroxylation is 1. The summed E-state index contributed by atoms with van der Waals surface area (Å²) in [5.41, 5.74) is 7.81. The van der Waals surface area contributed by atoms with Crippen LogP contribution >= 0.6 is 23.2 Å². The Balaban J connectivity index is 2.44. The Bertz CT molecular complexity index is 679. The van der Waals surface area contributed by atoms with Gasteiger partial charge in [-0.05, 0) is 36.7 Å². The van der Waals surface area contributed by atoms with Crippen LogP contribution in [0.5, 0.6) is 0 Å². The fourth-order valence-electron chi connectivity index (χ4n) is 1.46. The van der Waals surface area contributed by atoms with E-state index in [0.717, 1.165) is 0 Å². The number of aromatic nitrogens is 2. The van der Waals surface area contributed by atoms with Gasteiger partial charge >= 0.3 is 0 Å². The molecule has 1 aromatic heterocycles. The molecule has 0 aliphatic rings. The van der Waals surface area contributed by atoms with E-state index in [4.69, 9.17) is 34.2 Å². The number of nitrogen functional groups attached to an aromatic ring is 1. The molecule has 0 aliphatic heterocycles. The van der Waals surface area contributed by atoms with Crippen LogP contribution in [0, 0.1) is 18.3 Å². The van der Waals surface area contributed by atoms with Gasteiger partial charge in [-0.1, -0.05) is 11.6 Å². The maximum absolute atomic E-state index is 8.87. The monoisotopic (exact) mass is 293 g/mol. The van der Waals surface area contributed by atoms with Crippen molar-refractivity contribution in [1.29, 1.82) is 5.26 Å². The van der Waals surface area contributed by atoms with Crippen LogP contribution in [0.25, 0.3) is 0 Å². The lowest BCUT2D eigenvalue weighted by atomic mass is 10.2. The van der Waals surface area contributed by atoms with Gasteiger partial charge in [0.2, 0.25) is 5.28 Å². The molecular formula is C12H9Cl2N5. The van der Waals surface area contributed by atoms with Crippen molar-refractivity contribution in [3.63, 3.8) is 0 Å². The fourth-order valence-corrected chi connectivity index (χ4v) is 1.84. The maximum Gasteiger partial charge on any atom is 0.224 e. The Labute approximate surface area is 120 Å². The Morgan fingerprint density at radius 1 is 1.32 bits per heavy atom. The standard InChI is InChI=1S/C12H9Cl2N5/c1-6-10(16)11(19-12(14)17-6)18-9-4-7(5-15)2-3-8(9)13/h2-4H,16H2,1H3,(H,17,18,19). The molecule has 0 fully saturated rings. The largest absolute Gasteiger partial charge is 0.394 e. The molecule has 3 N–H and O–H groups in total. The van der Waals surface area contributed by atoms with Crippen LogP contribution in [0.4, 0.5) is 17.2 Å². The number of hydrogen-bond acceptors (Lipinski definition) is 5. The summed E-state index contributed by atoms with van der Waals surface area (Å²) in [6, 6.07) is 6.87. The van der Waals surface area contributed by atoms with Gasteiger partial charge in [-0.15, -0.1) is 0 Å². The van der Waals surface area contributed by atoms with E-state index in [0.29, 0.717) is 33.5 Å². The number of nitrogens with zero attached hydrogens (tertiary/aromatic N) is 3. The smallest absolute Gasteiger partial charge is 0.224 e. The molecule has 2 rings (SSSR count). The van der Waals surface area contributed by atoms with Crippen LogP contribution in [0.15, 0.2) is 18.2 Å². The quantitative estimate of drug-likeness (QED) is 0.830. The van der Waals surface area contributed by atoms with Gasteiger partial charge in [-0.25, -0.2) is 4.98 Å². The highest BCUT2D eigenvalue weighted by Gasteiger charge is 2.10.